The zero-order valence-corrected chi connectivity index (χ0v) is 12.2. The van der Waals surface area contributed by atoms with Gasteiger partial charge in [0.15, 0.2) is 5.76 Å². The number of amides is 2. The summed E-state index contributed by atoms with van der Waals surface area (Å²) < 4.78 is 9.82. The van der Waals surface area contributed by atoms with E-state index in [9.17, 15) is 9.59 Å². The molecule has 0 unspecified atom stereocenters. The van der Waals surface area contributed by atoms with Crippen LogP contribution in [0.3, 0.4) is 0 Å². The maximum absolute atomic E-state index is 12.0. The largest absolute Gasteiger partial charge is 0.459 e. The molecule has 1 aliphatic heterocycles. The zero-order valence-electron chi connectivity index (χ0n) is 12.2. The van der Waals surface area contributed by atoms with Crippen LogP contribution in [0.1, 0.15) is 21.7 Å². The highest BCUT2D eigenvalue weighted by molar-refractivity contribution is 6.02. The predicted molar refractivity (Wildman–Crippen MR) is 79.6 cm³/mol. The monoisotopic (exact) mass is 300 g/mol. The number of carbonyl (C=O) groups excluding carboxylic acids is 2. The summed E-state index contributed by atoms with van der Waals surface area (Å²) in [6.07, 6.45) is 1.89. The number of ether oxygens (including phenoxy) is 1. The molecule has 0 fully saturated rings. The van der Waals surface area contributed by atoms with E-state index in [1.807, 2.05) is 18.2 Å². The maximum Gasteiger partial charge on any atom is 0.409 e. The molecule has 6 heteroatoms. The summed E-state index contributed by atoms with van der Waals surface area (Å²) in [4.78, 5) is 25.2. The summed E-state index contributed by atoms with van der Waals surface area (Å²) in [5, 5.41) is 2.79. The van der Waals surface area contributed by atoms with Gasteiger partial charge in [-0.3, -0.25) is 4.79 Å². The Labute approximate surface area is 127 Å². The standard InChI is InChI=1S/C16H16N2O4/c1-21-16(20)18-7-6-11-4-5-13(9-12(11)10-18)17-15(19)14-3-2-8-22-14/h2-5,8-9H,6-7,10H2,1H3,(H,17,19). The predicted octanol–water partition coefficient (Wildman–Crippen LogP) is 2.66. The molecule has 0 spiro atoms. The minimum absolute atomic E-state index is 0.258. The fourth-order valence-corrected chi connectivity index (χ4v) is 2.52. The fourth-order valence-electron chi connectivity index (χ4n) is 2.52. The molecule has 0 saturated heterocycles. The van der Waals surface area contributed by atoms with Gasteiger partial charge in [-0.1, -0.05) is 6.07 Å². The number of hydrogen-bond acceptors (Lipinski definition) is 4. The quantitative estimate of drug-likeness (QED) is 0.925. The highest BCUT2D eigenvalue weighted by Gasteiger charge is 2.21. The van der Waals surface area contributed by atoms with Gasteiger partial charge >= 0.3 is 6.09 Å². The number of fused-ring (bicyclic) bond motifs is 1. The van der Waals surface area contributed by atoms with Gasteiger partial charge in [-0.25, -0.2) is 4.79 Å². The molecular formula is C16H16N2O4. The molecule has 2 amide bonds. The van der Waals surface area contributed by atoms with Crippen molar-refractivity contribution < 1.29 is 18.7 Å². The molecule has 6 nitrogen and oxygen atoms in total. The third-order valence-electron chi connectivity index (χ3n) is 3.65. The molecule has 1 aromatic heterocycles. The highest BCUT2D eigenvalue weighted by Crippen LogP contribution is 2.23. The number of carbonyl (C=O) groups is 2. The van der Waals surface area contributed by atoms with E-state index in [0.29, 0.717) is 18.8 Å². The number of furan rings is 1. The van der Waals surface area contributed by atoms with E-state index < -0.39 is 0 Å². The normalized spacial score (nSPS) is 13.4. The van der Waals surface area contributed by atoms with Gasteiger partial charge in [-0.15, -0.1) is 0 Å². The first kappa shape index (κ1) is 14.2. The van der Waals surface area contributed by atoms with Crippen LogP contribution in [0.5, 0.6) is 0 Å². The molecule has 0 atom stereocenters. The summed E-state index contributed by atoms with van der Waals surface area (Å²) in [6.45, 7) is 1.12. The second-order valence-electron chi connectivity index (χ2n) is 5.06. The van der Waals surface area contributed by atoms with Crippen LogP contribution in [-0.2, 0) is 17.7 Å². The van der Waals surface area contributed by atoms with E-state index >= 15 is 0 Å². The highest BCUT2D eigenvalue weighted by atomic mass is 16.5. The van der Waals surface area contributed by atoms with Crippen molar-refractivity contribution in [1.82, 2.24) is 4.90 Å². The molecule has 0 aliphatic carbocycles. The Morgan fingerprint density at radius 1 is 1.27 bits per heavy atom. The Morgan fingerprint density at radius 3 is 2.86 bits per heavy atom. The van der Waals surface area contributed by atoms with E-state index in [-0.39, 0.29) is 17.8 Å². The Kier molecular flexibility index (Phi) is 3.82. The molecule has 1 aromatic carbocycles. The molecule has 1 aliphatic rings. The minimum Gasteiger partial charge on any atom is -0.459 e. The van der Waals surface area contributed by atoms with Crippen LogP contribution in [0.25, 0.3) is 0 Å². The van der Waals surface area contributed by atoms with E-state index in [1.54, 1.807) is 17.0 Å². The lowest BCUT2D eigenvalue weighted by molar-refractivity contribution is 0.0996. The molecular weight excluding hydrogens is 284 g/mol. The van der Waals surface area contributed by atoms with Gasteiger partial charge < -0.3 is 19.4 Å². The lowest BCUT2D eigenvalue weighted by Crippen LogP contribution is -2.35. The van der Waals surface area contributed by atoms with Gasteiger partial charge in [0.1, 0.15) is 0 Å². The first-order chi connectivity index (χ1) is 10.7. The summed E-state index contributed by atoms with van der Waals surface area (Å²) in [7, 11) is 1.37. The van der Waals surface area contributed by atoms with Crippen LogP contribution in [0.2, 0.25) is 0 Å². The van der Waals surface area contributed by atoms with Crippen molar-refractivity contribution in [3.05, 3.63) is 53.5 Å². The number of benzene rings is 1. The van der Waals surface area contributed by atoms with Gasteiger partial charge in [0.05, 0.1) is 13.4 Å². The number of nitrogens with one attached hydrogen (secondary N) is 1. The van der Waals surface area contributed by atoms with E-state index in [1.165, 1.54) is 18.9 Å². The Hall–Kier alpha value is -2.76. The van der Waals surface area contributed by atoms with Crippen molar-refractivity contribution in [2.24, 2.45) is 0 Å². The Morgan fingerprint density at radius 2 is 2.14 bits per heavy atom. The van der Waals surface area contributed by atoms with Crippen LogP contribution < -0.4 is 5.32 Å². The van der Waals surface area contributed by atoms with Crippen LogP contribution in [0, 0.1) is 0 Å². The average molecular weight is 300 g/mol. The van der Waals surface area contributed by atoms with E-state index in [0.717, 1.165) is 12.0 Å². The van der Waals surface area contributed by atoms with E-state index in [2.05, 4.69) is 5.32 Å². The summed E-state index contributed by atoms with van der Waals surface area (Å²) in [5.74, 6) is -0.0421. The van der Waals surface area contributed by atoms with Crippen LogP contribution in [0.15, 0.2) is 41.0 Å². The van der Waals surface area contributed by atoms with E-state index in [4.69, 9.17) is 9.15 Å². The van der Waals surface area contributed by atoms with Crippen molar-refractivity contribution in [1.29, 1.82) is 0 Å². The number of rotatable bonds is 2. The number of hydrogen-bond donors (Lipinski definition) is 1. The second kappa shape index (κ2) is 5.93. The van der Waals surface area contributed by atoms with Gasteiger partial charge in [0.25, 0.3) is 5.91 Å². The van der Waals surface area contributed by atoms with Crippen LogP contribution >= 0.6 is 0 Å². The first-order valence-electron chi connectivity index (χ1n) is 6.97. The van der Waals surface area contributed by atoms with Gasteiger partial charge in [-0.2, -0.15) is 0 Å². The van der Waals surface area contributed by atoms with Crippen LogP contribution in [0.4, 0.5) is 10.5 Å². The Bertz CT molecular complexity index is 694. The van der Waals surface area contributed by atoms with Gasteiger partial charge in [0, 0.05) is 18.8 Å². The van der Waals surface area contributed by atoms with Crippen molar-refractivity contribution in [3.63, 3.8) is 0 Å². The number of anilines is 1. The maximum atomic E-state index is 12.0. The van der Waals surface area contributed by atoms with Gasteiger partial charge in [0.2, 0.25) is 0 Å². The molecule has 22 heavy (non-hydrogen) atoms. The van der Waals surface area contributed by atoms with Crippen LogP contribution in [-0.4, -0.2) is 30.6 Å². The number of methoxy groups -OCH3 is 1. The Balaban J connectivity index is 1.76. The molecule has 2 heterocycles. The molecule has 0 bridgehead atoms. The molecule has 2 aromatic rings. The summed E-state index contributed by atoms with van der Waals surface area (Å²) >= 11 is 0. The molecule has 0 radical (unpaired) electrons. The molecule has 114 valence electrons. The van der Waals surface area contributed by atoms with Gasteiger partial charge in [-0.05, 0) is 41.8 Å². The lowest BCUT2D eigenvalue weighted by Gasteiger charge is -2.28. The average Bonchev–Trinajstić information content (AvgIpc) is 3.08. The SMILES string of the molecule is COC(=O)N1CCc2ccc(NC(=O)c3ccco3)cc2C1. The smallest absolute Gasteiger partial charge is 0.409 e. The fraction of sp³-hybridized carbons (Fsp3) is 0.250. The minimum atomic E-state index is -0.337. The van der Waals surface area contributed by atoms with Crippen molar-refractivity contribution in [3.8, 4) is 0 Å². The summed E-state index contributed by atoms with van der Waals surface area (Å²) in [6, 6.07) is 8.98. The first-order valence-corrected chi connectivity index (χ1v) is 6.97. The second-order valence-corrected chi connectivity index (χ2v) is 5.06. The van der Waals surface area contributed by atoms with Crippen molar-refractivity contribution in [2.45, 2.75) is 13.0 Å². The summed E-state index contributed by atoms with van der Waals surface area (Å²) in [5.41, 5.74) is 2.86. The topological polar surface area (TPSA) is 71.8 Å². The third kappa shape index (κ3) is 2.81. The molecule has 1 N–H and O–H groups in total. The number of nitrogens with zero attached hydrogens (tertiary/aromatic N) is 1. The van der Waals surface area contributed by atoms with Crippen molar-refractivity contribution in [2.75, 3.05) is 19.0 Å². The third-order valence-corrected chi connectivity index (χ3v) is 3.65. The molecule has 0 saturated carbocycles. The molecule has 3 rings (SSSR count). The lowest BCUT2D eigenvalue weighted by atomic mass is 9.99. The van der Waals surface area contributed by atoms with Crippen molar-refractivity contribution >= 4 is 17.7 Å². The zero-order chi connectivity index (χ0) is 15.5.